The summed E-state index contributed by atoms with van der Waals surface area (Å²) in [7, 11) is 2.03. The fourth-order valence-electron chi connectivity index (χ4n) is 5.96. The van der Waals surface area contributed by atoms with Crippen LogP contribution in [0.2, 0.25) is 0 Å². The summed E-state index contributed by atoms with van der Waals surface area (Å²) in [4.78, 5) is 0. The van der Waals surface area contributed by atoms with Gasteiger partial charge >= 0.3 is 0 Å². The van der Waals surface area contributed by atoms with E-state index in [2.05, 4.69) is 91.2 Å². The maximum atomic E-state index is 15.5. The molecule has 7 rings (SSSR count). The molecule has 0 spiro atoms. The van der Waals surface area contributed by atoms with E-state index in [1.165, 1.54) is 16.7 Å². The fourth-order valence-corrected chi connectivity index (χ4v) is 5.96. The van der Waals surface area contributed by atoms with Crippen molar-refractivity contribution < 1.29 is 13.4 Å². The normalized spacial score (nSPS) is 11.4. The molecule has 41 heavy (non-hydrogen) atoms. The van der Waals surface area contributed by atoms with Gasteiger partial charge < -0.3 is 4.42 Å². The Morgan fingerprint density at radius 3 is 1.95 bits per heavy atom. The molecule has 0 bridgehead atoms. The molecule has 7 aromatic rings. The van der Waals surface area contributed by atoms with Gasteiger partial charge in [0.05, 0.1) is 11.1 Å². The Hall–Kier alpha value is -5.02. The van der Waals surface area contributed by atoms with Crippen LogP contribution in [0.25, 0.3) is 66.6 Å². The van der Waals surface area contributed by atoms with Crippen molar-refractivity contribution in [1.29, 1.82) is 0 Å². The van der Waals surface area contributed by atoms with Crippen molar-refractivity contribution in [2.45, 2.75) is 13.8 Å². The Bertz CT molecular complexity index is 2070. The smallest absolute Gasteiger partial charge is 0.216 e. The highest BCUT2D eigenvalue weighted by molar-refractivity contribution is 6.13. The van der Waals surface area contributed by atoms with Crippen LogP contribution in [0.1, 0.15) is 11.1 Å². The fraction of sp³-hybridized carbons (Fsp3) is 0.0789. The zero-order valence-electron chi connectivity index (χ0n) is 23.3. The van der Waals surface area contributed by atoms with E-state index in [9.17, 15) is 0 Å². The van der Waals surface area contributed by atoms with Crippen LogP contribution in [0.4, 0.5) is 4.39 Å². The molecule has 0 aliphatic heterocycles. The van der Waals surface area contributed by atoms with E-state index >= 15 is 4.39 Å². The summed E-state index contributed by atoms with van der Waals surface area (Å²) in [5.41, 5.74) is 11.7. The minimum atomic E-state index is -0.295. The molecule has 0 N–H and O–H groups in total. The summed E-state index contributed by atoms with van der Waals surface area (Å²) in [6, 6.07) is 38.8. The molecule has 3 heteroatoms. The highest BCUT2D eigenvalue weighted by atomic mass is 19.1. The lowest BCUT2D eigenvalue weighted by Gasteiger charge is -2.11. The predicted molar refractivity (Wildman–Crippen MR) is 166 cm³/mol. The number of aryl methyl sites for hydroxylation is 3. The van der Waals surface area contributed by atoms with Crippen LogP contribution in [0.3, 0.4) is 0 Å². The maximum absolute atomic E-state index is 15.5. The lowest BCUT2D eigenvalue weighted by molar-refractivity contribution is -0.660. The Kier molecular flexibility index (Phi) is 6.01. The van der Waals surface area contributed by atoms with Gasteiger partial charge in [-0.3, -0.25) is 0 Å². The molecule has 0 saturated carbocycles. The van der Waals surface area contributed by atoms with Crippen molar-refractivity contribution in [3.8, 4) is 44.6 Å². The van der Waals surface area contributed by atoms with Crippen molar-refractivity contribution in [2.24, 2.45) is 7.05 Å². The lowest BCUT2D eigenvalue weighted by atomic mass is 9.94. The number of rotatable bonds is 4. The number of furan rings is 1. The van der Waals surface area contributed by atoms with E-state index in [1.54, 1.807) is 6.07 Å². The third-order valence-corrected chi connectivity index (χ3v) is 8.10. The summed E-state index contributed by atoms with van der Waals surface area (Å²) in [6.07, 6.45) is 2.03. The van der Waals surface area contributed by atoms with Gasteiger partial charge in [0.25, 0.3) is 0 Å². The molecule has 0 saturated heterocycles. The van der Waals surface area contributed by atoms with Crippen LogP contribution < -0.4 is 4.57 Å². The minimum absolute atomic E-state index is 0.295. The van der Waals surface area contributed by atoms with E-state index in [0.29, 0.717) is 11.1 Å². The molecule has 198 valence electrons. The zero-order chi connectivity index (χ0) is 28.1. The van der Waals surface area contributed by atoms with Crippen LogP contribution in [0, 0.1) is 19.7 Å². The Labute approximate surface area is 239 Å². The predicted octanol–water partition coefficient (Wildman–Crippen LogP) is 9.83. The second-order valence-corrected chi connectivity index (χ2v) is 10.7. The highest BCUT2D eigenvalue weighted by Crippen LogP contribution is 2.42. The quantitative estimate of drug-likeness (QED) is 0.205. The second kappa shape index (κ2) is 9.87. The first-order valence-corrected chi connectivity index (χ1v) is 13.9. The van der Waals surface area contributed by atoms with Gasteiger partial charge in [0.2, 0.25) is 5.69 Å². The number of hydrogen-bond donors (Lipinski definition) is 0. The topological polar surface area (TPSA) is 17.0 Å². The summed E-state index contributed by atoms with van der Waals surface area (Å²) in [5, 5.41) is 1.89. The molecule has 0 radical (unpaired) electrons. The molecule has 0 unspecified atom stereocenters. The van der Waals surface area contributed by atoms with Crippen LogP contribution in [0.5, 0.6) is 0 Å². The van der Waals surface area contributed by atoms with Crippen LogP contribution in [0.15, 0.2) is 126 Å². The van der Waals surface area contributed by atoms with Crippen molar-refractivity contribution in [2.75, 3.05) is 0 Å². The van der Waals surface area contributed by atoms with Gasteiger partial charge in [-0.1, -0.05) is 84.9 Å². The minimum Gasteiger partial charge on any atom is -0.454 e. The number of aromatic nitrogens is 1. The van der Waals surface area contributed by atoms with Gasteiger partial charge in [0.15, 0.2) is 6.20 Å². The Balaban J connectivity index is 1.33. The summed E-state index contributed by atoms with van der Waals surface area (Å²) < 4.78 is 24.2. The highest BCUT2D eigenvalue weighted by Gasteiger charge is 2.23. The number of halogens is 1. The van der Waals surface area contributed by atoms with E-state index in [4.69, 9.17) is 4.42 Å². The second-order valence-electron chi connectivity index (χ2n) is 10.7. The number of hydrogen-bond acceptors (Lipinski definition) is 1. The van der Waals surface area contributed by atoms with E-state index in [0.717, 1.165) is 49.9 Å². The number of fused-ring (bicyclic) bond motifs is 3. The van der Waals surface area contributed by atoms with Gasteiger partial charge in [0, 0.05) is 22.9 Å². The van der Waals surface area contributed by atoms with Gasteiger partial charge in [0.1, 0.15) is 24.0 Å². The number of pyridine rings is 1. The van der Waals surface area contributed by atoms with E-state index in [-0.39, 0.29) is 5.82 Å². The Morgan fingerprint density at radius 1 is 0.561 bits per heavy atom. The SMILES string of the molecule is Cc1cc(-c2ccccc2)ccc1-c1ccc(-c2c(F)ccc3c2oc2c(-c4cccc[n+]4C)c(C)ccc23)cc1. The summed E-state index contributed by atoms with van der Waals surface area (Å²) >= 11 is 0. The summed E-state index contributed by atoms with van der Waals surface area (Å²) in [5.74, 6) is -0.295. The largest absolute Gasteiger partial charge is 0.454 e. The molecule has 2 aromatic heterocycles. The maximum Gasteiger partial charge on any atom is 0.216 e. The molecule has 2 heterocycles. The third-order valence-electron chi connectivity index (χ3n) is 8.10. The average molecular weight is 535 g/mol. The number of nitrogens with zero attached hydrogens (tertiary/aromatic N) is 1. The van der Waals surface area contributed by atoms with Crippen LogP contribution in [-0.4, -0.2) is 0 Å². The van der Waals surface area contributed by atoms with Crippen molar-refractivity contribution in [3.63, 3.8) is 0 Å². The van der Waals surface area contributed by atoms with E-state index in [1.807, 2.05) is 49.6 Å². The van der Waals surface area contributed by atoms with Gasteiger partial charge in [-0.05, 0) is 71.0 Å². The zero-order valence-corrected chi connectivity index (χ0v) is 23.3. The molecule has 0 aliphatic rings. The molecule has 5 aromatic carbocycles. The summed E-state index contributed by atoms with van der Waals surface area (Å²) in [6.45, 7) is 4.22. The van der Waals surface area contributed by atoms with Gasteiger partial charge in [-0.15, -0.1) is 0 Å². The van der Waals surface area contributed by atoms with Crippen molar-refractivity contribution in [1.82, 2.24) is 0 Å². The van der Waals surface area contributed by atoms with Crippen molar-refractivity contribution >= 4 is 21.9 Å². The first-order chi connectivity index (χ1) is 20.0. The standard InChI is InChI=1S/C38H29FNO/c1-24-12-18-31-32-20-21-33(39)36(38(32)41-37(31)35(24)34-11-7-8-22-40(34)3)28-15-13-27(14-16-28)30-19-17-29(23-25(30)2)26-9-5-4-6-10-26/h4-23H,1-3H3/q+1. The molecule has 0 atom stereocenters. The molecule has 0 amide bonds. The van der Waals surface area contributed by atoms with E-state index < -0.39 is 0 Å². The third kappa shape index (κ3) is 4.22. The van der Waals surface area contributed by atoms with Crippen molar-refractivity contribution in [3.05, 3.63) is 138 Å². The molecular formula is C38H29FNO+. The van der Waals surface area contributed by atoms with Crippen LogP contribution in [-0.2, 0) is 7.05 Å². The van der Waals surface area contributed by atoms with Crippen LogP contribution >= 0.6 is 0 Å². The molecule has 2 nitrogen and oxygen atoms in total. The Morgan fingerprint density at radius 2 is 1.22 bits per heavy atom. The van der Waals surface area contributed by atoms with Gasteiger partial charge in [-0.2, -0.15) is 0 Å². The average Bonchev–Trinajstić information content (AvgIpc) is 3.36. The lowest BCUT2D eigenvalue weighted by Crippen LogP contribution is -2.30. The molecular weight excluding hydrogens is 505 g/mol. The van der Waals surface area contributed by atoms with Gasteiger partial charge in [-0.25, -0.2) is 8.96 Å². The molecule has 0 aliphatic carbocycles. The first-order valence-electron chi connectivity index (χ1n) is 13.9. The first kappa shape index (κ1) is 25.0. The molecule has 0 fully saturated rings. The monoisotopic (exact) mass is 534 g/mol. The number of benzene rings is 5.